The molecule has 0 saturated heterocycles. The van der Waals surface area contributed by atoms with Gasteiger partial charge in [0.05, 0.1) is 15.7 Å². The lowest BCUT2D eigenvalue weighted by molar-refractivity contribution is -0.127. The highest BCUT2D eigenvalue weighted by atomic mass is 35.5. The predicted molar refractivity (Wildman–Crippen MR) is 80.5 cm³/mol. The van der Waals surface area contributed by atoms with Crippen molar-refractivity contribution in [3.05, 3.63) is 22.2 Å². The summed E-state index contributed by atoms with van der Waals surface area (Å²) < 4.78 is 10.4. The molecule has 0 aliphatic rings. The van der Waals surface area contributed by atoms with Crippen LogP contribution in [0, 0.1) is 0 Å². The van der Waals surface area contributed by atoms with E-state index >= 15 is 0 Å². The van der Waals surface area contributed by atoms with Crippen molar-refractivity contribution in [3.63, 3.8) is 0 Å². The number of nitrogens with two attached hydrogens (primary N) is 1. The second-order valence-electron chi connectivity index (χ2n) is 4.20. The summed E-state index contributed by atoms with van der Waals surface area (Å²) in [7, 11) is 1.61. The van der Waals surface area contributed by atoms with Gasteiger partial charge in [-0.25, -0.2) is 0 Å². The Balaban J connectivity index is 2.55. The predicted octanol–water partition coefficient (Wildman–Crippen LogP) is 2.50. The van der Waals surface area contributed by atoms with Gasteiger partial charge in [0.2, 0.25) is 0 Å². The fourth-order valence-electron chi connectivity index (χ4n) is 1.46. The summed E-state index contributed by atoms with van der Waals surface area (Å²) in [4.78, 5) is 11.8. The average molecular weight is 321 g/mol. The van der Waals surface area contributed by atoms with Crippen molar-refractivity contribution in [3.8, 4) is 5.75 Å². The SMILES string of the molecule is COCCCNC(=O)C(C)Oc1cc(Cl)c(Cl)cc1N. The van der Waals surface area contributed by atoms with Crippen LogP contribution in [0.5, 0.6) is 5.75 Å². The van der Waals surface area contributed by atoms with E-state index in [0.29, 0.717) is 34.6 Å². The fraction of sp³-hybridized carbons (Fsp3) is 0.462. The van der Waals surface area contributed by atoms with Crippen LogP contribution in [-0.4, -0.2) is 32.3 Å². The average Bonchev–Trinajstić information content (AvgIpc) is 2.40. The lowest BCUT2D eigenvalue weighted by Gasteiger charge is -2.16. The number of benzene rings is 1. The molecule has 0 aliphatic heterocycles. The van der Waals surface area contributed by atoms with Crippen molar-refractivity contribution in [2.24, 2.45) is 0 Å². The van der Waals surface area contributed by atoms with E-state index in [-0.39, 0.29) is 5.91 Å². The molecule has 7 heteroatoms. The maximum absolute atomic E-state index is 11.8. The summed E-state index contributed by atoms with van der Waals surface area (Å²) in [6.45, 7) is 2.75. The number of rotatable bonds is 7. The molecule has 1 unspecified atom stereocenters. The van der Waals surface area contributed by atoms with E-state index in [0.717, 1.165) is 6.42 Å². The quantitative estimate of drug-likeness (QED) is 0.598. The van der Waals surface area contributed by atoms with E-state index in [1.54, 1.807) is 14.0 Å². The Hall–Kier alpha value is -1.17. The lowest BCUT2D eigenvalue weighted by atomic mass is 10.3. The largest absolute Gasteiger partial charge is 0.479 e. The first kappa shape index (κ1) is 16.9. The monoisotopic (exact) mass is 320 g/mol. The zero-order valence-corrected chi connectivity index (χ0v) is 12.9. The first-order valence-electron chi connectivity index (χ1n) is 6.13. The van der Waals surface area contributed by atoms with Gasteiger partial charge >= 0.3 is 0 Å². The molecule has 0 heterocycles. The lowest BCUT2D eigenvalue weighted by Crippen LogP contribution is -2.37. The molecule has 1 aromatic carbocycles. The van der Waals surface area contributed by atoms with Gasteiger partial charge in [-0.15, -0.1) is 0 Å². The number of halogens is 2. The van der Waals surface area contributed by atoms with Crippen molar-refractivity contribution < 1.29 is 14.3 Å². The van der Waals surface area contributed by atoms with Gasteiger partial charge < -0.3 is 20.5 Å². The number of carbonyl (C=O) groups excluding carboxylic acids is 1. The molecule has 1 atom stereocenters. The molecule has 5 nitrogen and oxygen atoms in total. The number of nitrogen functional groups attached to an aromatic ring is 1. The molecule has 112 valence electrons. The van der Waals surface area contributed by atoms with Crippen LogP contribution < -0.4 is 15.8 Å². The fourth-order valence-corrected chi connectivity index (χ4v) is 1.79. The van der Waals surface area contributed by atoms with Crippen molar-refractivity contribution in [2.45, 2.75) is 19.4 Å². The summed E-state index contributed by atoms with van der Waals surface area (Å²) in [6.07, 6.45) is 0.0567. The number of carbonyl (C=O) groups is 1. The van der Waals surface area contributed by atoms with Crippen molar-refractivity contribution >= 4 is 34.8 Å². The summed E-state index contributed by atoms with van der Waals surface area (Å²) in [5.74, 6) is 0.102. The third kappa shape index (κ3) is 5.07. The third-order valence-corrected chi connectivity index (χ3v) is 3.27. The zero-order chi connectivity index (χ0) is 15.1. The number of hydrogen-bond donors (Lipinski definition) is 2. The van der Waals surface area contributed by atoms with Gasteiger partial charge in [-0.1, -0.05) is 23.2 Å². The molecular formula is C13H18Cl2N2O3. The highest BCUT2D eigenvalue weighted by Crippen LogP contribution is 2.32. The van der Waals surface area contributed by atoms with E-state index in [2.05, 4.69) is 5.32 Å². The highest BCUT2D eigenvalue weighted by molar-refractivity contribution is 6.42. The molecule has 1 rings (SSSR count). The van der Waals surface area contributed by atoms with E-state index in [4.69, 9.17) is 38.4 Å². The van der Waals surface area contributed by atoms with Crippen LogP contribution in [0.3, 0.4) is 0 Å². The molecule has 0 spiro atoms. The minimum atomic E-state index is -0.683. The summed E-state index contributed by atoms with van der Waals surface area (Å²) in [6, 6.07) is 2.98. The molecule has 0 saturated carbocycles. The normalized spacial score (nSPS) is 12.0. The zero-order valence-electron chi connectivity index (χ0n) is 11.4. The second kappa shape index (κ2) is 8.19. The molecule has 0 aliphatic carbocycles. The van der Waals surface area contributed by atoms with Gasteiger partial charge in [0.15, 0.2) is 6.10 Å². The number of methoxy groups -OCH3 is 1. The molecule has 1 amide bonds. The summed E-state index contributed by atoms with van der Waals surface area (Å²) in [5, 5.41) is 3.40. The van der Waals surface area contributed by atoms with Gasteiger partial charge in [0, 0.05) is 26.3 Å². The standard InChI is InChI=1S/C13H18Cl2N2O3/c1-8(13(18)17-4-3-5-19-2)20-12-7-10(15)9(14)6-11(12)16/h6-8H,3-5,16H2,1-2H3,(H,17,18). The smallest absolute Gasteiger partial charge is 0.260 e. The van der Waals surface area contributed by atoms with Crippen LogP contribution in [0.25, 0.3) is 0 Å². The number of nitrogens with one attached hydrogen (secondary N) is 1. The van der Waals surface area contributed by atoms with Crippen molar-refractivity contribution in [1.29, 1.82) is 0 Å². The Morgan fingerprint density at radius 2 is 2.05 bits per heavy atom. The maximum Gasteiger partial charge on any atom is 0.260 e. The molecule has 20 heavy (non-hydrogen) atoms. The number of anilines is 1. The van der Waals surface area contributed by atoms with Crippen LogP contribution in [-0.2, 0) is 9.53 Å². The molecule has 0 bridgehead atoms. The van der Waals surface area contributed by atoms with E-state index < -0.39 is 6.10 Å². The first-order chi connectivity index (χ1) is 9.45. The molecule has 0 aromatic heterocycles. The van der Waals surface area contributed by atoms with E-state index in [9.17, 15) is 4.79 Å². The number of amides is 1. The Morgan fingerprint density at radius 3 is 2.70 bits per heavy atom. The van der Waals surface area contributed by atoms with Crippen molar-refractivity contribution in [2.75, 3.05) is 26.0 Å². The molecule has 3 N–H and O–H groups in total. The van der Waals surface area contributed by atoms with Gasteiger partial charge in [0.25, 0.3) is 5.91 Å². The van der Waals surface area contributed by atoms with Gasteiger partial charge in [-0.05, 0) is 19.4 Å². The van der Waals surface area contributed by atoms with Crippen LogP contribution in [0.1, 0.15) is 13.3 Å². The summed E-state index contributed by atoms with van der Waals surface area (Å²) in [5.41, 5.74) is 6.09. The minimum absolute atomic E-state index is 0.230. The molecular weight excluding hydrogens is 303 g/mol. The first-order valence-corrected chi connectivity index (χ1v) is 6.89. The van der Waals surface area contributed by atoms with Crippen LogP contribution >= 0.6 is 23.2 Å². The van der Waals surface area contributed by atoms with Crippen LogP contribution in [0.2, 0.25) is 10.0 Å². The molecule has 0 radical (unpaired) electrons. The topological polar surface area (TPSA) is 73.6 Å². The highest BCUT2D eigenvalue weighted by Gasteiger charge is 2.16. The van der Waals surface area contributed by atoms with Gasteiger partial charge in [-0.2, -0.15) is 0 Å². The van der Waals surface area contributed by atoms with Crippen LogP contribution in [0.15, 0.2) is 12.1 Å². The third-order valence-electron chi connectivity index (χ3n) is 2.55. The Bertz CT molecular complexity index is 469. The van der Waals surface area contributed by atoms with Gasteiger partial charge in [0.1, 0.15) is 5.75 Å². The van der Waals surface area contributed by atoms with E-state index in [1.165, 1.54) is 12.1 Å². The number of ether oxygens (including phenoxy) is 2. The number of hydrogen-bond acceptors (Lipinski definition) is 4. The van der Waals surface area contributed by atoms with Gasteiger partial charge in [-0.3, -0.25) is 4.79 Å². The Labute approximate surface area is 128 Å². The minimum Gasteiger partial charge on any atom is -0.479 e. The summed E-state index contributed by atoms with van der Waals surface area (Å²) >= 11 is 11.7. The Kier molecular flexibility index (Phi) is 6.91. The van der Waals surface area contributed by atoms with E-state index in [1.807, 2.05) is 0 Å². The maximum atomic E-state index is 11.8. The molecule has 0 fully saturated rings. The van der Waals surface area contributed by atoms with Crippen molar-refractivity contribution in [1.82, 2.24) is 5.32 Å². The Morgan fingerprint density at radius 1 is 1.40 bits per heavy atom. The van der Waals surface area contributed by atoms with Crippen LogP contribution in [0.4, 0.5) is 5.69 Å². The second-order valence-corrected chi connectivity index (χ2v) is 5.02. The molecule has 1 aromatic rings.